The molecule has 0 aliphatic carbocycles. The first kappa shape index (κ1) is 21.6. The summed E-state index contributed by atoms with van der Waals surface area (Å²) in [6.07, 6.45) is 2.58. The predicted octanol–water partition coefficient (Wildman–Crippen LogP) is 0.983. The van der Waals surface area contributed by atoms with Gasteiger partial charge in [-0.1, -0.05) is 0 Å². The van der Waals surface area contributed by atoms with Crippen LogP contribution in [0.5, 0.6) is 0 Å². The first-order valence-electron chi connectivity index (χ1n) is 9.27. The van der Waals surface area contributed by atoms with Crippen LogP contribution in [0.1, 0.15) is 39.5 Å². The van der Waals surface area contributed by atoms with Gasteiger partial charge in [-0.25, -0.2) is 22.4 Å². The van der Waals surface area contributed by atoms with Gasteiger partial charge in [0.05, 0.1) is 23.2 Å². The number of nitrogens with zero attached hydrogens (tertiary/aromatic N) is 4. The van der Waals surface area contributed by atoms with Gasteiger partial charge in [-0.05, 0) is 39.2 Å². The number of amides is 1. The summed E-state index contributed by atoms with van der Waals surface area (Å²) in [5.74, 6) is -0.299. The van der Waals surface area contributed by atoms with E-state index in [1.807, 2.05) is 13.8 Å². The van der Waals surface area contributed by atoms with E-state index in [-0.39, 0.29) is 24.1 Å². The number of aromatic nitrogens is 3. The van der Waals surface area contributed by atoms with Crippen molar-refractivity contribution in [1.82, 2.24) is 24.4 Å². The number of piperidine rings is 1. The van der Waals surface area contributed by atoms with Crippen LogP contribution in [0.25, 0.3) is 10.6 Å². The highest BCUT2D eigenvalue weighted by atomic mass is 32.2. The molecule has 0 spiro atoms. The van der Waals surface area contributed by atoms with Crippen molar-refractivity contribution >= 4 is 27.3 Å². The summed E-state index contributed by atoms with van der Waals surface area (Å²) < 4.78 is 26.2. The lowest BCUT2D eigenvalue weighted by molar-refractivity contribution is 0.0925. The highest BCUT2D eigenvalue weighted by Crippen LogP contribution is 2.29. The Bertz CT molecular complexity index is 1120. The maximum absolute atomic E-state index is 12.8. The van der Waals surface area contributed by atoms with Crippen LogP contribution in [0, 0.1) is 20.8 Å². The monoisotopic (exact) mass is 439 g/mol. The largest absolute Gasteiger partial charge is 0.347 e. The molecule has 1 amide bonds. The van der Waals surface area contributed by atoms with Crippen LogP contribution in [0.4, 0.5) is 0 Å². The Kier molecular flexibility index (Phi) is 5.93. The molecule has 3 rings (SSSR count). The van der Waals surface area contributed by atoms with Crippen LogP contribution in [0.3, 0.4) is 0 Å². The summed E-state index contributed by atoms with van der Waals surface area (Å²) in [7, 11) is -1.70. The molecule has 1 atom stereocenters. The van der Waals surface area contributed by atoms with Gasteiger partial charge in [0.25, 0.3) is 11.5 Å². The average Bonchev–Trinajstić information content (AvgIpc) is 3.01. The van der Waals surface area contributed by atoms with Crippen LogP contribution < -0.4 is 10.9 Å². The van der Waals surface area contributed by atoms with Crippen molar-refractivity contribution in [3.05, 3.63) is 32.2 Å². The Hall–Kier alpha value is -2.11. The van der Waals surface area contributed by atoms with Crippen molar-refractivity contribution in [3.8, 4) is 10.6 Å². The van der Waals surface area contributed by atoms with Crippen molar-refractivity contribution in [3.63, 3.8) is 0 Å². The second-order valence-corrected chi connectivity index (χ2v) is 10.4. The lowest BCUT2D eigenvalue weighted by atomic mass is 10.1. The molecule has 1 aliphatic heterocycles. The zero-order chi connectivity index (χ0) is 21.5. The van der Waals surface area contributed by atoms with Crippen LogP contribution in [-0.2, 0) is 17.1 Å². The smallest absolute Gasteiger partial charge is 0.277 e. The zero-order valence-corrected chi connectivity index (χ0v) is 18.8. The number of nitrogens with one attached hydrogen (secondary N) is 1. The van der Waals surface area contributed by atoms with Gasteiger partial charge in [-0.2, -0.15) is 5.10 Å². The number of carbonyl (C=O) groups is 1. The van der Waals surface area contributed by atoms with Crippen LogP contribution >= 0.6 is 11.3 Å². The number of hydrogen-bond donors (Lipinski definition) is 1. The molecule has 0 bridgehead atoms. The van der Waals surface area contributed by atoms with Gasteiger partial charge >= 0.3 is 0 Å². The van der Waals surface area contributed by atoms with Crippen molar-refractivity contribution in [2.45, 2.75) is 39.7 Å². The summed E-state index contributed by atoms with van der Waals surface area (Å²) in [4.78, 5) is 30.3. The molecule has 2 aromatic rings. The summed E-state index contributed by atoms with van der Waals surface area (Å²) in [5.41, 5.74) is 2.20. The van der Waals surface area contributed by atoms with E-state index in [9.17, 15) is 18.0 Å². The van der Waals surface area contributed by atoms with Crippen LogP contribution in [-0.4, -0.2) is 58.8 Å². The molecule has 0 aromatic carbocycles. The maximum atomic E-state index is 12.8. The second kappa shape index (κ2) is 7.96. The van der Waals surface area contributed by atoms with E-state index >= 15 is 0 Å². The SMILES string of the molecule is Cc1nc(-c2c(C)c(C)nn(C)c2=O)sc1C(=O)NC1CCCN(S(C)(=O)=O)C1. The number of rotatable bonds is 4. The van der Waals surface area contributed by atoms with Gasteiger partial charge in [0.1, 0.15) is 9.88 Å². The van der Waals surface area contributed by atoms with E-state index in [1.165, 1.54) is 26.6 Å². The fraction of sp³-hybridized carbons (Fsp3) is 0.556. The highest BCUT2D eigenvalue weighted by Gasteiger charge is 2.28. The number of hydrogen-bond acceptors (Lipinski definition) is 7. The summed E-state index contributed by atoms with van der Waals surface area (Å²) in [5, 5.41) is 7.58. The Balaban J connectivity index is 1.86. The zero-order valence-electron chi connectivity index (χ0n) is 17.1. The third-order valence-corrected chi connectivity index (χ3v) is 7.57. The van der Waals surface area contributed by atoms with E-state index in [0.717, 1.165) is 11.3 Å². The molecule has 1 fully saturated rings. The van der Waals surface area contributed by atoms with Gasteiger partial charge in [-0.3, -0.25) is 9.59 Å². The van der Waals surface area contributed by atoms with E-state index in [0.29, 0.717) is 40.5 Å². The van der Waals surface area contributed by atoms with Crippen LogP contribution in [0.15, 0.2) is 4.79 Å². The van der Waals surface area contributed by atoms with Gasteiger partial charge in [0.2, 0.25) is 10.0 Å². The minimum Gasteiger partial charge on any atom is -0.347 e. The van der Waals surface area contributed by atoms with Gasteiger partial charge < -0.3 is 5.32 Å². The number of thiazole rings is 1. The summed E-state index contributed by atoms with van der Waals surface area (Å²) in [6, 6.07) is -0.256. The van der Waals surface area contributed by atoms with Gasteiger partial charge in [-0.15, -0.1) is 11.3 Å². The molecule has 3 heterocycles. The molecular formula is C18H25N5O4S2. The summed E-state index contributed by atoms with van der Waals surface area (Å²) >= 11 is 1.17. The van der Waals surface area contributed by atoms with E-state index in [2.05, 4.69) is 15.4 Å². The first-order valence-corrected chi connectivity index (χ1v) is 11.9. The standard InChI is InChI=1S/C18H25N5O4S2/c1-10-11(2)21-22(4)18(25)14(10)17-19-12(3)15(28-17)16(24)20-13-7-6-8-23(9-13)29(5,26)27/h13H,6-9H2,1-5H3,(H,20,24). The molecule has 0 radical (unpaired) electrons. The Morgan fingerprint density at radius 3 is 2.59 bits per heavy atom. The number of aryl methyl sites for hydroxylation is 3. The normalized spacial score (nSPS) is 18.0. The molecule has 158 valence electrons. The van der Waals surface area contributed by atoms with Crippen molar-refractivity contribution in [2.24, 2.45) is 7.05 Å². The molecule has 1 unspecified atom stereocenters. The quantitative estimate of drug-likeness (QED) is 0.760. The molecule has 29 heavy (non-hydrogen) atoms. The highest BCUT2D eigenvalue weighted by molar-refractivity contribution is 7.88. The molecule has 1 N–H and O–H groups in total. The summed E-state index contributed by atoms with van der Waals surface area (Å²) in [6.45, 7) is 6.10. The maximum Gasteiger partial charge on any atom is 0.277 e. The molecular weight excluding hydrogens is 414 g/mol. The number of sulfonamides is 1. The topological polar surface area (TPSA) is 114 Å². The second-order valence-electron chi connectivity index (χ2n) is 7.38. The molecule has 11 heteroatoms. The Morgan fingerprint density at radius 1 is 1.24 bits per heavy atom. The van der Waals surface area contributed by atoms with E-state index < -0.39 is 10.0 Å². The third kappa shape index (κ3) is 4.41. The Morgan fingerprint density at radius 2 is 1.93 bits per heavy atom. The fourth-order valence-electron chi connectivity index (χ4n) is 3.43. The van der Waals surface area contributed by atoms with Crippen molar-refractivity contribution in [1.29, 1.82) is 0 Å². The first-order chi connectivity index (χ1) is 13.5. The fourth-order valence-corrected chi connectivity index (χ4v) is 5.40. The average molecular weight is 440 g/mol. The minimum atomic E-state index is -3.29. The molecule has 1 aliphatic rings. The van der Waals surface area contributed by atoms with Gasteiger partial charge in [0, 0.05) is 26.2 Å². The Labute approximate surface area is 173 Å². The molecule has 0 saturated carbocycles. The van der Waals surface area contributed by atoms with Crippen molar-refractivity contribution in [2.75, 3.05) is 19.3 Å². The van der Waals surface area contributed by atoms with E-state index in [1.54, 1.807) is 14.0 Å². The van der Waals surface area contributed by atoms with Crippen LogP contribution in [0.2, 0.25) is 0 Å². The lowest BCUT2D eigenvalue weighted by Crippen LogP contribution is -2.49. The lowest BCUT2D eigenvalue weighted by Gasteiger charge is -2.31. The molecule has 1 saturated heterocycles. The molecule has 9 nitrogen and oxygen atoms in total. The minimum absolute atomic E-state index is 0.256. The third-order valence-electron chi connectivity index (χ3n) is 5.13. The van der Waals surface area contributed by atoms with Crippen molar-refractivity contribution < 1.29 is 13.2 Å². The number of carbonyl (C=O) groups excluding carboxylic acids is 1. The van der Waals surface area contributed by atoms with Gasteiger partial charge in [0.15, 0.2) is 0 Å². The van der Waals surface area contributed by atoms with E-state index in [4.69, 9.17) is 0 Å². The predicted molar refractivity (Wildman–Crippen MR) is 112 cm³/mol. The molecule has 2 aromatic heterocycles.